The van der Waals surface area contributed by atoms with E-state index in [-0.39, 0.29) is 47.9 Å². The highest BCUT2D eigenvalue weighted by Gasteiger charge is 2.31. The van der Waals surface area contributed by atoms with Crippen molar-refractivity contribution in [1.29, 1.82) is 0 Å². The van der Waals surface area contributed by atoms with E-state index in [0.29, 0.717) is 5.71 Å². The van der Waals surface area contributed by atoms with Crippen LogP contribution in [-0.2, 0) is 24.3 Å². The summed E-state index contributed by atoms with van der Waals surface area (Å²) in [4.78, 5) is 27.9. The van der Waals surface area contributed by atoms with Crippen molar-refractivity contribution in [3.63, 3.8) is 0 Å². The van der Waals surface area contributed by atoms with E-state index in [1.54, 1.807) is 6.92 Å². The summed E-state index contributed by atoms with van der Waals surface area (Å²) in [5.74, 6) is -3.59. The minimum Gasteiger partial charge on any atom is -0.406 e. The summed E-state index contributed by atoms with van der Waals surface area (Å²) in [6.45, 7) is 0.854. The van der Waals surface area contributed by atoms with Crippen molar-refractivity contribution in [3.8, 4) is 5.75 Å². The van der Waals surface area contributed by atoms with Gasteiger partial charge in [0.1, 0.15) is 17.7 Å². The fourth-order valence-corrected chi connectivity index (χ4v) is 3.56. The molecule has 2 heterocycles. The van der Waals surface area contributed by atoms with Gasteiger partial charge in [-0.05, 0) is 50.1 Å². The second-order valence-corrected chi connectivity index (χ2v) is 9.30. The number of aromatic nitrogens is 4. The number of halogens is 6. The third kappa shape index (κ3) is 11.7. The molecule has 11 nitrogen and oxygen atoms in total. The molecule has 0 radical (unpaired) electrons. The first-order valence-electron chi connectivity index (χ1n) is 12.4. The van der Waals surface area contributed by atoms with Gasteiger partial charge in [0.25, 0.3) is 5.91 Å². The average molecular weight is 631 g/mol. The van der Waals surface area contributed by atoms with Crippen LogP contribution in [0.3, 0.4) is 0 Å². The number of pyridine rings is 1. The van der Waals surface area contributed by atoms with Gasteiger partial charge < -0.3 is 15.4 Å². The molecule has 0 bridgehead atoms. The highest BCUT2D eigenvalue weighted by Crippen LogP contribution is 2.24. The molecule has 0 aliphatic rings. The molecular formula is C25H24F6N8O3S. The number of benzene rings is 1. The second kappa shape index (κ2) is 15.1. The van der Waals surface area contributed by atoms with Crippen LogP contribution in [0.25, 0.3) is 0 Å². The molecule has 0 aliphatic heterocycles. The third-order valence-electron chi connectivity index (χ3n) is 5.35. The third-order valence-corrected chi connectivity index (χ3v) is 5.55. The standard InChI is InChI=1S/C25H24F6N8O3S/c1-14(35-37-24(43)34-22(40)10-17-3-2-4-21(28)33-17)5-6-16(26)12-39-13-20(36-38-39)23(41)32-11-15-9-18(7-8-19(15)27)42-25(29,30)31/h2-4,7-9,13,16H,5-6,10-12H2,1H3,(H,32,41)(H2,34,37,40,43)/b35-14+. The number of hydrogen-bond acceptors (Lipinski definition) is 8. The first-order chi connectivity index (χ1) is 20.3. The van der Waals surface area contributed by atoms with Gasteiger partial charge in [-0.1, -0.05) is 11.3 Å². The number of ether oxygens (including phenoxy) is 1. The zero-order chi connectivity index (χ0) is 31.6. The van der Waals surface area contributed by atoms with Crippen molar-refractivity contribution in [2.24, 2.45) is 10.2 Å². The number of amidine groups is 1. The summed E-state index contributed by atoms with van der Waals surface area (Å²) in [5, 5.41) is 19.4. The lowest BCUT2D eigenvalue weighted by Gasteiger charge is -2.11. The summed E-state index contributed by atoms with van der Waals surface area (Å²) in [7, 11) is 0. The van der Waals surface area contributed by atoms with Crippen LogP contribution in [0.2, 0.25) is 0 Å². The van der Waals surface area contributed by atoms with Gasteiger partial charge in [0.2, 0.25) is 11.9 Å². The fraction of sp³-hybridized carbons (Fsp3) is 0.320. The van der Waals surface area contributed by atoms with Gasteiger partial charge in [-0.2, -0.15) is 9.49 Å². The van der Waals surface area contributed by atoms with Crippen molar-refractivity contribution in [2.75, 3.05) is 0 Å². The number of carbonyl (C=O) groups excluding carboxylic acids is 2. The minimum absolute atomic E-state index is 0.00135. The molecule has 3 rings (SSSR count). The van der Waals surface area contributed by atoms with Crippen LogP contribution in [0.4, 0.5) is 26.3 Å². The van der Waals surface area contributed by atoms with E-state index in [9.17, 15) is 35.9 Å². The van der Waals surface area contributed by atoms with Gasteiger partial charge in [-0.15, -0.1) is 36.0 Å². The molecule has 0 spiro atoms. The monoisotopic (exact) mass is 630 g/mol. The molecule has 0 fully saturated rings. The maximum atomic E-state index is 14.5. The van der Waals surface area contributed by atoms with Gasteiger partial charge >= 0.3 is 6.36 Å². The van der Waals surface area contributed by atoms with E-state index in [2.05, 4.69) is 53.5 Å². The van der Waals surface area contributed by atoms with E-state index in [0.717, 1.165) is 35.1 Å². The zero-order valence-electron chi connectivity index (χ0n) is 22.3. The second-order valence-electron chi connectivity index (χ2n) is 8.88. The predicted octanol–water partition coefficient (Wildman–Crippen LogP) is 3.92. The lowest BCUT2D eigenvalue weighted by atomic mass is 10.1. The number of thiol groups is 1. The molecule has 43 heavy (non-hydrogen) atoms. The van der Waals surface area contributed by atoms with Crippen LogP contribution >= 0.6 is 12.6 Å². The molecule has 0 saturated carbocycles. The van der Waals surface area contributed by atoms with E-state index >= 15 is 0 Å². The summed E-state index contributed by atoms with van der Waals surface area (Å²) in [6.07, 6.45) is -5.26. The molecule has 3 aromatic rings. The number of hydrogen-bond donors (Lipinski definition) is 3. The van der Waals surface area contributed by atoms with Gasteiger partial charge in [0.05, 0.1) is 24.9 Å². The number of rotatable bonds is 12. The van der Waals surface area contributed by atoms with Crippen LogP contribution in [0.5, 0.6) is 5.75 Å². The average Bonchev–Trinajstić information content (AvgIpc) is 3.38. The molecule has 0 aliphatic carbocycles. The first kappa shape index (κ1) is 33.0. The topological polar surface area (TPSA) is 136 Å². The van der Waals surface area contributed by atoms with Crippen molar-refractivity contribution in [1.82, 2.24) is 30.6 Å². The molecule has 18 heteroatoms. The molecule has 230 valence electrons. The molecule has 1 aromatic carbocycles. The Morgan fingerprint density at radius 3 is 2.65 bits per heavy atom. The number of amides is 2. The Kier molecular flexibility index (Phi) is 11.6. The normalized spacial score (nSPS) is 13.0. The molecule has 1 atom stereocenters. The number of carbonyl (C=O) groups is 2. The van der Waals surface area contributed by atoms with Gasteiger partial charge in [-0.25, -0.2) is 18.4 Å². The van der Waals surface area contributed by atoms with Crippen LogP contribution in [-0.4, -0.2) is 55.2 Å². The fourth-order valence-electron chi connectivity index (χ4n) is 3.39. The molecule has 2 amide bonds. The molecular weight excluding hydrogens is 606 g/mol. The maximum Gasteiger partial charge on any atom is 0.573 e. The quantitative estimate of drug-likeness (QED) is 0.0694. The van der Waals surface area contributed by atoms with E-state index in [1.165, 1.54) is 12.1 Å². The van der Waals surface area contributed by atoms with E-state index < -0.39 is 48.4 Å². The van der Waals surface area contributed by atoms with Gasteiger partial charge in [-0.3, -0.25) is 9.59 Å². The first-order valence-corrected chi connectivity index (χ1v) is 12.8. The van der Waals surface area contributed by atoms with Crippen LogP contribution < -0.4 is 15.4 Å². The van der Waals surface area contributed by atoms with Crippen LogP contribution in [0, 0.1) is 11.8 Å². The SMILES string of the molecule is C/C(CCC(F)Cn1cc(C(=O)NCc2cc(OC(F)(F)F)ccc2F)nn1)=N\N=C(/S)NC(=O)Cc1cccc(F)n1. The van der Waals surface area contributed by atoms with E-state index in [4.69, 9.17) is 0 Å². The Balaban J connectivity index is 1.43. The summed E-state index contributed by atoms with van der Waals surface area (Å²) in [5.41, 5.74) is 0.151. The van der Waals surface area contributed by atoms with Crippen molar-refractivity contribution in [3.05, 3.63) is 71.3 Å². The number of nitrogens with zero attached hydrogens (tertiary/aromatic N) is 6. The van der Waals surface area contributed by atoms with E-state index in [1.807, 2.05) is 0 Å². The number of alkyl halides is 4. The zero-order valence-corrected chi connectivity index (χ0v) is 23.2. The highest BCUT2D eigenvalue weighted by atomic mass is 32.1. The smallest absolute Gasteiger partial charge is 0.406 e. The Labute approximate surface area is 245 Å². The lowest BCUT2D eigenvalue weighted by molar-refractivity contribution is -0.274. The molecule has 2 N–H and O–H groups in total. The molecule has 2 aromatic heterocycles. The lowest BCUT2D eigenvalue weighted by Crippen LogP contribution is -2.28. The number of nitrogens with one attached hydrogen (secondary N) is 2. The van der Waals surface area contributed by atoms with Crippen LogP contribution in [0.1, 0.15) is 41.5 Å². The van der Waals surface area contributed by atoms with Crippen LogP contribution in [0.15, 0.2) is 52.8 Å². The van der Waals surface area contributed by atoms with Crippen molar-refractivity contribution < 1.29 is 40.7 Å². The highest BCUT2D eigenvalue weighted by molar-refractivity contribution is 7.96. The molecule has 1 unspecified atom stereocenters. The van der Waals surface area contributed by atoms with Crippen molar-refractivity contribution in [2.45, 2.75) is 51.8 Å². The Morgan fingerprint density at radius 2 is 1.93 bits per heavy atom. The molecule has 0 saturated heterocycles. The summed E-state index contributed by atoms with van der Waals surface area (Å²) < 4.78 is 83.6. The summed E-state index contributed by atoms with van der Waals surface area (Å²) >= 11 is 4.01. The predicted molar refractivity (Wildman–Crippen MR) is 144 cm³/mol. The van der Waals surface area contributed by atoms with Gasteiger partial charge in [0, 0.05) is 17.8 Å². The summed E-state index contributed by atoms with van der Waals surface area (Å²) in [6, 6.07) is 6.40. The largest absolute Gasteiger partial charge is 0.573 e. The Bertz CT molecular complexity index is 1500. The van der Waals surface area contributed by atoms with Crippen molar-refractivity contribution >= 4 is 35.3 Å². The Morgan fingerprint density at radius 1 is 1.16 bits per heavy atom. The van der Waals surface area contributed by atoms with Gasteiger partial charge in [0.15, 0.2) is 10.9 Å². The maximum absolute atomic E-state index is 14.5. The minimum atomic E-state index is -4.97. The Hall–Kier alpha value is -4.48.